The van der Waals surface area contributed by atoms with Crippen LogP contribution in [0.15, 0.2) is 4.99 Å². The maximum absolute atomic E-state index is 11.4. The highest BCUT2D eigenvalue weighted by Gasteiger charge is 2.35. The summed E-state index contributed by atoms with van der Waals surface area (Å²) in [6.07, 6.45) is 2.58. The summed E-state index contributed by atoms with van der Waals surface area (Å²) in [4.78, 5) is 20.6. The minimum atomic E-state index is 0. The van der Waals surface area contributed by atoms with Crippen LogP contribution in [0.25, 0.3) is 0 Å². The number of aliphatic imine (C=N–C) groups is 1. The highest BCUT2D eigenvalue weighted by Crippen LogP contribution is 2.34. The first-order valence-electron chi connectivity index (χ1n) is 10.9. The third-order valence-corrected chi connectivity index (χ3v) is 5.66. The van der Waals surface area contributed by atoms with Gasteiger partial charge in [0.2, 0.25) is 5.91 Å². The fourth-order valence-corrected chi connectivity index (χ4v) is 4.16. The smallest absolute Gasteiger partial charge is 0.219 e. The zero-order valence-electron chi connectivity index (χ0n) is 19.0. The highest BCUT2D eigenvalue weighted by atomic mass is 127. The minimum Gasteiger partial charge on any atom is -0.377 e. The zero-order chi connectivity index (χ0) is 20.6. The standard InChI is InChI=1S/C21H41N5O2.HI/c1-6-22-20(23-9-10-25-11-13-26(14-12-25)17(2)27)24-16-18-8-7-15-28-19(18)21(3,4)5;/h18-19H,6-16H2,1-5H3,(H2,22,23,24);1H. The van der Waals surface area contributed by atoms with Gasteiger partial charge in [-0.1, -0.05) is 20.8 Å². The Morgan fingerprint density at radius 3 is 2.45 bits per heavy atom. The molecular formula is C21H42IN5O2. The second-order valence-corrected chi connectivity index (χ2v) is 9.05. The van der Waals surface area contributed by atoms with E-state index in [1.165, 1.54) is 6.42 Å². The van der Waals surface area contributed by atoms with Crippen LogP contribution in [0.4, 0.5) is 0 Å². The molecule has 0 bridgehead atoms. The van der Waals surface area contributed by atoms with E-state index in [-0.39, 0.29) is 41.4 Å². The van der Waals surface area contributed by atoms with E-state index in [1.807, 2.05) is 4.90 Å². The number of piperazine rings is 1. The lowest BCUT2D eigenvalue weighted by Gasteiger charge is -2.39. The Morgan fingerprint density at radius 2 is 1.86 bits per heavy atom. The van der Waals surface area contributed by atoms with Crippen molar-refractivity contribution in [1.82, 2.24) is 20.4 Å². The van der Waals surface area contributed by atoms with Crippen molar-refractivity contribution in [2.45, 2.75) is 53.6 Å². The van der Waals surface area contributed by atoms with Gasteiger partial charge < -0.3 is 20.3 Å². The van der Waals surface area contributed by atoms with Crippen molar-refractivity contribution in [3.8, 4) is 0 Å². The Bertz CT molecular complexity index is 516. The van der Waals surface area contributed by atoms with E-state index in [9.17, 15) is 4.79 Å². The van der Waals surface area contributed by atoms with Gasteiger partial charge in [-0.2, -0.15) is 0 Å². The summed E-state index contributed by atoms with van der Waals surface area (Å²) >= 11 is 0. The number of amides is 1. The predicted molar refractivity (Wildman–Crippen MR) is 130 cm³/mol. The molecule has 2 atom stereocenters. The van der Waals surface area contributed by atoms with Crippen LogP contribution in [-0.2, 0) is 9.53 Å². The Labute approximate surface area is 194 Å². The molecule has 7 nitrogen and oxygen atoms in total. The highest BCUT2D eigenvalue weighted by molar-refractivity contribution is 14.0. The third-order valence-electron chi connectivity index (χ3n) is 5.66. The van der Waals surface area contributed by atoms with Crippen LogP contribution in [0, 0.1) is 11.3 Å². The molecule has 0 spiro atoms. The molecule has 0 aliphatic carbocycles. The first kappa shape index (κ1) is 26.4. The lowest BCUT2D eigenvalue weighted by Crippen LogP contribution is -2.50. The normalized spacial score (nSPS) is 24.0. The fourth-order valence-electron chi connectivity index (χ4n) is 4.16. The number of hydrogen-bond donors (Lipinski definition) is 2. The molecule has 0 aromatic heterocycles. The number of halogens is 1. The summed E-state index contributed by atoms with van der Waals surface area (Å²) in [6.45, 7) is 18.4. The van der Waals surface area contributed by atoms with Crippen LogP contribution < -0.4 is 10.6 Å². The van der Waals surface area contributed by atoms with Crippen molar-refractivity contribution in [3.05, 3.63) is 0 Å². The van der Waals surface area contributed by atoms with Gasteiger partial charge in [-0.25, -0.2) is 0 Å². The largest absolute Gasteiger partial charge is 0.377 e. The van der Waals surface area contributed by atoms with E-state index in [2.05, 4.69) is 43.2 Å². The number of nitrogens with zero attached hydrogens (tertiary/aromatic N) is 3. The van der Waals surface area contributed by atoms with Crippen LogP contribution in [-0.4, -0.2) is 86.7 Å². The molecule has 170 valence electrons. The number of guanidine groups is 1. The zero-order valence-corrected chi connectivity index (χ0v) is 21.3. The SMILES string of the molecule is CCNC(=NCC1CCCOC1C(C)(C)C)NCCN1CCN(C(C)=O)CC1.I. The first-order chi connectivity index (χ1) is 13.3. The van der Waals surface area contributed by atoms with E-state index in [0.717, 1.165) is 71.3 Å². The van der Waals surface area contributed by atoms with Gasteiger partial charge in [-0.3, -0.25) is 14.7 Å². The van der Waals surface area contributed by atoms with E-state index in [1.54, 1.807) is 6.92 Å². The van der Waals surface area contributed by atoms with Crippen molar-refractivity contribution in [3.63, 3.8) is 0 Å². The van der Waals surface area contributed by atoms with E-state index < -0.39 is 0 Å². The number of nitrogens with one attached hydrogen (secondary N) is 2. The topological polar surface area (TPSA) is 69.2 Å². The van der Waals surface area contributed by atoms with Gasteiger partial charge in [0.1, 0.15) is 0 Å². The molecule has 29 heavy (non-hydrogen) atoms. The molecule has 2 fully saturated rings. The molecule has 0 aromatic rings. The monoisotopic (exact) mass is 523 g/mol. The summed E-state index contributed by atoms with van der Waals surface area (Å²) in [6, 6.07) is 0. The fraction of sp³-hybridized carbons (Fsp3) is 0.905. The van der Waals surface area contributed by atoms with Crippen LogP contribution in [0.5, 0.6) is 0 Å². The minimum absolute atomic E-state index is 0. The van der Waals surface area contributed by atoms with Crippen molar-refractivity contribution in [2.75, 3.05) is 59.0 Å². The van der Waals surface area contributed by atoms with Gasteiger partial charge >= 0.3 is 0 Å². The predicted octanol–water partition coefficient (Wildman–Crippen LogP) is 2.16. The Hall–Kier alpha value is -0.610. The van der Waals surface area contributed by atoms with Gasteiger partial charge in [0.25, 0.3) is 0 Å². The molecule has 2 heterocycles. The van der Waals surface area contributed by atoms with Crippen molar-refractivity contribution < 1.29 is 9.53 Å². The second kappa shape index (κ2) is 12.9. The molecule has 0 saturated carbocycles. The Balaban J connectivity index is 0.00000420. The molecule has 2 aliphatic heterocycles. The lowest BCUT2D eigenvalue weighted by atomic mass is 9.78. The molecule has 8 heteroatoms. The first-order valence-corrected chi connectivity index (χ1v) is 10.9. The number of rotatable bonds is 6. The molecule has 2 aliphatic rings. The van der Waals surface area contributed by atoms with Gasteiger partial charge in [0, 0.05) is 71.8 Å². The summed E-state index contributed by atoms with van der Waals surface area (Å²) in [7, 11) is 0. The Kier molecular flexibility index (Phi) is 11.8. The lowest BCUT2D eigenvalue weighted by molar-refractivity contribution is -0.130. The van der Waals surface area contributed by atoms with Gasteiger partial charge in [-0.15, -0.1) is 24.0 Å². The summed E-state index contributed by atoms with van der Waals surface area (Å²) in [5, 5.41) is 6.83. The molecule has 2 rings (SSSR count). The molecular weight excluding hydrogens is 481 g/mol. The summed E-state index contributed by atoms with van der Waals surface area (Å²) in [5.74, 6) is 1.55. The molecule has 2 unspecified atom stereocenters. The van der Waals surface area contributed by atoms with Gasteiger partial charge in [0.15, 0.2) is 5.96 Å². The summed E-state index contributed by atoms with van der Waals surface area (Å²) < 4.78 is 6.09. The van der Waals surface area contributed by atoms with Crippen molar-refractivity contribution in [2.24, 2.45) is 16.3 Å². The maximum atomic E-state index is 11.4. The quantitative estimate of drug-likeness (QED) is 0.318. The van der Waals surface area contributed by atoms with Gasteiger partial charge in [-0.05, 0) is 25.2 Å². The van der Waals surface area contributed by atoms with Crippen LogP contribution in [0.2, 0.25) is 0 Å². The number of carbonyl (C=O) groups is 1. The second-order valence-electron chi connectivity index (χ2n) is 9.05. The third kappa shape index (κ3) is 8.96. The number of hydrogen-bond acceptors (Lipinski definition) is 4. The maximum Gasteiger partial charge on any atom is 0.219 e. The molecule has 0 radical (unpaired) electrons. The molecule has 2 saturated heterocycles. The van der Waals surface area contributed by atoms with E-state index in [4.69, 9.17) is 9.73 Å². The average molecular weight is 524 g/mol. The summed E-state index contributed by atoms with van der Waals surface area (Å²) in [5.41, 5.74) is 0.147. The van der Waals surface area contributed by atoms with E-state index in [0.29, 0.717) is 5.92 Å². The molecule has 1 amide bonds. The van der Waals surface area contributed by atoms with E-state index >= 15 is 0 Å². The average Bonchev–Trinajstić information content (AvgIpc) is 2.66. The Morgan fingerprint density at radius 1 is 1.17 bits per heavy atom. The van der Waals surface area contributed by atoms with Crippen molar-refractivity contribution in [1.29, 1.82) is 0 Å². The number of ether oxygens (including phenoxy) is 1. The van der Waals surface area contributed by atoms with Crippen LogP contribution in [0.3, 0.4) is 0 Å². The van der Waals surface area contributed by atoms with Gasteiger partial charge in [0.05, 0.1) is 6.10 Å². The van der Waals surface area contributed by atoms with Crippen LogP contribution >= 0.6 is 24.0 Å². The molecule has 2 N–H and O–H groups in total. The van der Waals surface area contributed by atoms with Crippen molar-refractivity contribution >= 4 is 35.8 Å². The molecule has 0 aromatic carbocycles. The van der Waals surface area contributed by atoms with Crippen LogP contribution in [0.1, 0.15) is 47.5 Å². The number of carbonyl (C=O) groups excluding carboxylic acids is 1.